The average Bonchev–Trinajstić information content (AvgIpc) is 2.71. The lowest BCUT2D eigenvalue weighted by molar-refractivity contribution is -0.154. The molecule has 31 heavy (non-hydrogen) atoms. The van der Waals surface area contributed by atoms with E-state index in [1.54, 1.807) is 0 Å². The fraction of sp³-hybridized carbons (Fsp3) is 0.481. The van der Waals surface area contributed by atoms with Crippen molar-refractivity contribution in [3.05, 3.63) is 59.2 Å². The first-order valence-electron chi connectivity index (χ1n) is 11.0. The Balaban J connectivity index is 1.80. The number of anilines is 1. The van der Waals surface area contributed by atoms with Gasteiger partial charge in [0.05, 0.1) is 0 Å². The molecule has 0 amide bonds. The fourth-order valence-corrected chi connectivity index (χ4v) is 3.95. The van der Waals surface area contributed by atoms with Crippen LogP contribution in [-0.2, 0) is 21.4 Å². The van der Waals surface area contributed by atoms with Gasteiger partial charge < -0.3 is 19.5 Å². The topological polar surface area (TPSA) is 39.7 Å². The first-order valence-corrected chi connectivity index (χ1v) is 11.0. The van der Waals surface area contributed by atoms with Crippen LogP contribution in [0.5, 0.6) is 5.75 Å². The maximum Gasteiger partial charge on any atom is 0.132 e. The van der Waals surface area contributed by atoms with Crippen molar-refractivity contribution in [3.8, 4) is 18.1 Å². The number of ether oxygens (including phenoxy) is 3. The van der Waals surface area contributed by atoms with Gasteiger partial charge in [0.25, 0.3) is 0 Å². The molecule has 2 aromatic carbocycles. The maximum absolute atomic E-state index is 6.27. The van der Waals surface area contributed by atoms with Crippen LogP contribution in [0.3, 0.4) is 0 Å². The number of rotatable bonds is 7. The largest absolute Gasteiger partial charge is 0.485 e. The lowest BCUT2D eigenvalue weighted by atomic mass is 9.87. The highest BCUT2D eigenvalue weighted by Crippen LogP contribution is 2.44. The lowest BCUT2D eigenvalue weighted by Gasteiger charge is -2.44. The van der Waals surface area contributed by atoms with Crippen LogP contribution in [-0.4, -0.2) is 24.9 Å². The molecule has 4 nitrogen and oxygen atoms in total. The van der Waals surface area contributed by atoms with Gasteiger partial charge in [0.2, 0.25) is 0 Å². The number of terminal acetylenes is 1. The number of hydrogen-bond donors (Lipinski definition) is 1. The van der Waals surface area contributed by atoms with Gasteiger partial charge in [0.15, 0.2) is 0 Å². The Kier molecular flexibility index (Phi) is 6.99. The van der Waals surface area contributed by atoms with Crippen molar-refractivity contribution in [2.45, 2.75) is 71.3 Å². The van der Waals surface area contributed by atoms with Gasteiger partial charge in [0.1, 0.15) is 30.2 Å². The molecule has 0 radical (unpaired) electrons. The molecule has 0 saturated carbocycles. The predicted octanol–water partition coefficient (Wildman–Crippen LogP) is 5.86. The van der Waals surface area contributed by atoms with Gasteiger partial charge in [-0.05, 0) is 55.5 Å². The van der Waals surface area contributed by atoms with E-state index in [-0.39, 0.29) is 24.2 Å². The van der Waals surface area contributed by atoms with Crippen molar-refractivity contribution in [1.82, 2.24) is 0 Å². The summed E-state index contributed by atoms with van der Waals surface area (Å²) in [5.41, 5.74) is 4.18. The third-order valence-electron chi connectivity index (χ3n) is 5.66. The molecule has 1 aliphatic heterocycles. The van der Waals surface area contributed by atoms with Gasteiger partial charge in [0, 0.05) is 24.4 Å². The number of fused-ring (bicyclic) bond motifs is 1. The summed E-state index contributed by atoms with van der Waals surface area (Å²) < 4.78 is 18.4. The van der Waals surface area contributed by atoms with E-state index < -0.39 is 5.60 Å². The van der Waals surface area contributed by atoms with E-state index in [1.165, 1.54) is 11.1 Å². The van der Waals surface area contributed by atoms with Crippen LogP contribution in [0.4, 0.5) is 5.69 Å². The third kappa shape index (κ3) is 5.42. The van der Waals surface area contributed by atoms with Crippen molar-refractivity contribution >= 4 is 5.69 Å². The molecule has 4 heteroatoms. The van der Waals surface area contributed by atoms with Crippen LogP contribution in [0.25, 0.3) is 0 Å². The summed E-state index contributed by atoms with van der Waals surface area (Å²) in [5.74, 6) is 3.38. The monoisotopic (exact) mass is 421 g/mol. The van der Waals surface area contributed by atoms with Crippen molar-refractivity contribution in [1.29, 1.82) is 0 Å². The molecule has 3 rings (SSSR count). The Morgan fingerprint density at radius 1 is 1.10 bits per heavy atom. The van der Waals surface area contributed by atoms with E-state index in [1.807, 2.05) is 32.9 Å². The quantitative estimate of drug-likeness (QED) is 0.568. The molecule has 0 aromatic heterocycles. The van der Waals surface area contributed by atoms with Gasteiger partial charge in [-0.1, -0.05) is 51.0 Å². The minimum absolute atomic E-state index is 0.157. The van der Waals surface area contributed by atoms with Gasteiger partial charge in [-0.3, -0.25) is 0 Å². The fourth-order valence-electron chi connectivity index (χ4n) is 3.95. The molecule has 166 valence electrons. The Bertz CT molecular complexity index is 919. The number of hydrogen-bond acceptors (Lipinski definition) is 4. The van der Waals surface area contributed by atoms with E-state index in [0.29, 0.717) is 6.61 Å². The molecular formula is C27H35NO3. The molecule has 0 bridgehead atoms. The van der Waals surface area contributed by atoms with Gasteiger partial charge in [-0.25, -0.2) is 0 Å². The molecule has 0 spiro atoms. The summed E-state index contributed by atoms with van der Waals surface area (Å²) in [4.78, 5) is 0. The van der Waals surface area contributed by atoms with Crippen LogP contribution in [0.1, 0.15) is 64.3 Å². The van der Waals surface area contributed by atoms with Crippen LogP contribution < -0.4 is 10.1 Å². The highest BCUT2D eigenvalue weighted by atomic mass is 16.6. The molecule has 1 heterocycles. The minimum Gasteiger partial charge on any atom is -0.485 e. The van der Waals surface area contributed by atoms with Gasteiger partial charge in [-0.2, -0.15) is 0 Å². The summed E-state index contributed by atoms with van der Waals surface area (Å²) in [6.45, 7) is 14.2. The second-order valence-corrected chi connectivity index (χ2v) is 9.57. The molecule has 2 aromatic rings. The van der Waals surface area contributed by atoms with Crippen LogP contribution in [0.15, 0.2) is 42.5 Å². The maximum atomic E-state index is 6.27. The molecule has 2 unspecified atom stereocenters. The highest BCUT2D eigenvalue weighted by Gasteiger charge is 2.45. The van der Waals surface area contributed by atoms with E-state index in [9.17, 15) is 0 Å². The summed E-state index contributed by atoms with van der Waals surface area (Å²) in [5, 5.41) is 3.53. The molecule has 0 fully saturated rings. The molecule has 1 N–H and O–H groups in total. The summed E-state index contributed by atoms with van der Waals surface area (Å²) >= 11 is 0. The van der Waals surface area contributed by atoms with Crippen molar-refractivity contribution in [3.63, 3.8) is 0 Å². The summed E-state index contributed by atoms with van der Waals surface area (Å²) in [7, 11) is 0. The van der Waals surface area contributed by atoms with Crippen LogP contribution in [0, 0.1) is 12.3 Å². The minimum atomic E-state index is -0.548. The van der Waals surface area contributed by atoms with E-state index in [4.69, 9.17) is 20.6 Å². The molecule has 0 aliphatic carbocycles. The Morgan fingerprint density at radius 2 is 1.81 bits per heavy atom. The van der Waals surface area contributed by atoms with Gasteiger partial charge >= 0.3 is 0 Å². The van der Waals surface area contributed by atoms with Crippen molar-refractivity contribution < 1.29 is 14.2 Å². The predicted molar refractivity (Wildman–Crippen MR) is 127 cm³/mol. The molecular weight excluding hydrogens is 386 g/mol. The Hall–Kier alpha value is -2.48. The number of nitrogens with one attached hydrogen (secondary N) is 1. The lowest BCUT2D eigenvalue weighted by Crippen LogP contribution is -2.51. The first kappa shape index (κ1) is 23.2. The summed E-state index contributed by atoms with van der Waals surface area (Å²) in [6.07, 6.45) is 4.89. The standard InChI is InChI=1S/C27H35NO3/c1-8-16-30-25-24(29-9-2)22-17-21(14-15-23(22)31-27(25,6)7)28-18-19-10-12-20(13-11-19)26(3,4)5/h1,10-15,17,24-25,28H,9,16,18H2,2-7H3. The van der Waals surface area contributed by atoms with Crippen molar-refractivity contribution in [2.24, 2.45) is 0 Å². The molecule has 2 atom stereocenters. The number of benzene rings is 2. The van der Waals surface area contributed by atoms with E-state index in [2.05, 4.69) is 62.3 Å². The van der Waals surface area contributed by atoms with Gasteiger partial charge in [-0.15, -0.1) is 6.42 Å². The average molecular weight is 422 g/mol. The zero-order valence-corrected chi connectivity index (χ0v) is 19.6. The first-order chi connectivity index (χ1) is 14.7. The van der Waals surface area contributed by atoms with Crippen LogP contribution in [0.2, 0.25) is 0 Å². The Morgan fingerprint density at radius 3 is 2.42 bits per heavy atom. The SMILES string of the molecule is C#CCOC1C(OCC)c2cc(NCc3ccc(C(C)(C)C)cc3)ccc2OC1(C)C. The molecule has 1 aliphatic rings. The Labute approximate surface area is 187 Å². The zero-order valence-electron chi connectivity index (χ0n) is 19.6. The second kappa shape index (κ2) is 9.34. The molecule has 0 saturated heterocycles. The second-order valence-electron chi connectivity index (χ2n) is 9.57. The van der Waals surface area contributed by atoms with E-state index >= 15 is 0 Å². The summed E-state index contributed by atoms with van der Waals surface area (Å²) in [6, 6.07) is 14.9. The van der Waals surface area contributed by atoms with Crippen molar-refractivity contribution in [2.75, 3.05) is 18.5 Å². The zero-order chi connectivity index (χ0) is 22.6. The van der Waals surface area contributed by atoms with E-state index in [0.717, 1.165) is 23.5 Å². The highest BCUT2D eigenvalue weighted by molar-refractivity contribution is 5.54. The van der Waals surface area contributed by atoms with Crippen LogP contribution >= 0.6 is 0 Å². The smallest absolute Gasteiger partial charge is 0.132 e. The third-order valence-corrected chi connectivity index (χ3v) is 5.66. The normalized spacial score (nSPS) is 19.8.